The molecule has 0 aliphatic carbocycles. The van der Waals surface area contributed by atoms with Gasteiger partial charge in [0.05, 0.1) is 17.5 Å². The van der Waals surface area contributed by atoms with Crippen molar-refractivity contribution in [3.63, 3.8) is 0 Å². The van der Waals surface area contributed by atoms with Crippen molar-refractivity contribution >= 4 is 23.6 Å². The third kappa shape index (κ3) is 6.14. The molecule has 0 aromatic carbocycles. The molecular formula is C19H19F3N4O4S. The summed E-state index contributed by atoms with van der Waals surface area (Å²) in [6, 6.07) is 5.61. The van der Waals surface area contributed by atoms with Crippen molar-refractivity contribution in [2.45, 2.75) is 30.1 Å². The fraction of sp³-hybridized carbons (Fsp3) is 0.421. The fourth-order valence-electron chi connectivity index (χ4n) is 3.20. The normalized spacial score (nSPS) is 19.3. The van der Waals surface area contributed by atoms with Gasteiger partial charge in [-0.1, -0.05) is 6.07 Å². The van der Waals surface area contributed by atoms with Gasteiger partial charge in [0.25, 0.3) is 5.91 Å². The lowest BCUT2D eigenvalue weighted by molar-refractivity contribution is -0.192. The van der Waals surface area contributed by atoms with Crippen molar-refractivity contribution < 1.29 is 32.6 Å². The molecule has 2 aromatic rings. The Morgan fingerprint density at radius 1 is 1.26 bits per heavy atom. The molecule has 1 unspecified atom stereocenters. The first-order valence-electron chi connectivity index (χ1n) is 9.18. The number of hydrogen-bond donors (Lipinski definition) is 1. The van der Waals surface area contributed by atoms with Gasteiger partial charge in [-0.3, -0.25) is 9.78 Å². The lowest BCUT2D eigenvalue weighted by atomic mass is 9.92. The number of nitrogens with zero attached hydrogens (tertiary/aromatic N) is 4. The van der Waals surface area contributed by atoms with E-state index in [9.17, 15) is 18.0 Å². The molecule has 1 spiro atoms. The number of ether oxygens (including phenoxy) is 1. The minimum Gasteiger partial charge on any atom is -0.475 e. The molecule has 166 valence electrons. The van der Waals surface area contributed by atoms with Gasteiger partial charge in [0.1, 0.15) is 12.0 Å². The molecule has 4 heterocycles. The molecule has 1 atom stereocenters. The molecule has 12 heteroatoms. The summed E-state index contributed by atoms with van der Waals surface area (Å²) < 4.78 is 37.9. The van der Waals surface area contributed by atoms with Crippen LogP contribution in [0.15, 0.2) is 43.1 Å². The summed E-state index contributed by atoms with van der Waals surface area (Å²) in [7, 11) is 0. The highest BCUT2D eigenvalue weighted by Crippen LogP contribution is 2.46. The number of carboxylic acid groups (broad SMARTS) is 1. The van der Waals surface area contributed by atoms with Gasteiger partial charge in [-0.25, -0.2) is 14.8 Å². The Morgan fingerprint density at radius 2 is 2.00 bits per heavy atom. The Hall–Kier alpha value is -2.73. The first-order valence-corrected chi connectivity index (χ1v) is 10.2. The van der Waals surface area contributed by atoms with E-state index >= 15 is 0 Å². The van der Waals surface area contributed by atoms with Gasteiger partial charge in [0.2, 0.25) is 0 Å². The molecule has 0 radical (unpaired) electrons. The van der Waals surface area contributed by atoms with E-state index in [2.05, 4.69) is 15.0 Å². The van der Waals surface area contributed by atoms with Crippen molar-refractivity contribution in [3.8, 4) is 0 Å². The van der Waals surface area contributed by atoms with Gasteiger partial charge in [-0.15, -0.1) is 11.8 Å². The number of amides is 1. The van der Waals surface area contributed by atoms with E-state index < -0.39 is 12.1 Å². The second kappa shape index (κ2) is 9.60. The van der Waals surface area contributed by atoms with Crippen molar-refractivity contribution in [2.75, 3.05) is 18.8 Å². The zero-order valence-corrected chi connectivity index (χ0v) is 17.0. The smallest absolute Gasteiger partial charge is 0.475 e. The average Bonchev–Trinajstić information content (AvgIpc) is 3.17. The molecule has 1 N–H and O–H groups in total. The van der Waals surface area contributed by atoms with Crippen molar-refractivity contribution in [2.24, 2.45) is 0 Å². The molecular weight excluding hydrogens is 437 g/mol. The quantitative estimate of drug-likeness (QED) is 0.748. The summed E-state index contributed by atoms with van der Waals surface area (Å²) in [4.78, 5) is 35.1. The summed E-state index contributed by atoms with van der Waals surface area (Å²) in [5.41, 5.74) is 1.56. The van der Waals surface area contributed by atoms with Crippen LogP contribution in [-0.2, 0) is 16.1 Å². The van der Waals surface area contributed by atoms with Crippen LogP contribution < -0.4 is 0 Å². The first-order chi connectivity index (χ1) is 14.7. The molecule has 1 amide bonds. The van der Waals surface area contributed by atoms with Crippen LogP contribution in [0.3, 0.4) is 0 Å². The Labute approximate surface area is 179 Å². The first kappa shape index (κ1) is 22.9. The van der Waals surface area contributed by atoms with Crippen LogP contribution in [0.1, 0.15) is 22.5 Å². The lowest BCUT2D eigenvalue weighted by Gasteiger charge is -2.47. The number of likely N-dealkylation sites (tertiary alicyclic amines) is 1. The molecule has 31 heavy (non-hydrogen) atoms. The van der Waals surface area contributed by atoms with Crippen molar-refractivity contribution in [3.05, 3.63) is 54.4 Å². The average molecular weight is 456 g/mol. The number of rotatable bonds is 4. The van der Waals surface area contributed by atoms with E-state index in [1.807, 2.05) is 35.0 Å². The molecule has 2 aromatic heterocycles. The highest BCUT2D eigenvalue weighted by Gasteiger charge is 2.51. The minimum atomic E-state index is -5.08. The largest absolute Gasteiger partial charge is 0.490 e. The zero-order chi connectivity index (χ0) is 22.5. The van der Waals surface area contributed by atoms with Crippen LogP contribution in [0, 0.1) is 0 Å². The predicted octanol–water partition coefficient (Wildman–Crippen LogP) is 2.42. The molecule has 4 rings (SSSR count). The van der Waals surface area contributed by atoms with Crippen molar-refractivity contribution in [1.82, 2.24) is 19.9 Å². The summed E-state index contributed by atoms with van der Waals surface area (Å²) in [5, 5.41) is 7.12. The number of carbonyl (C=O) groups excluding carboxylic acids is 1. The molecule has 0 saturated carbocycles. The number of carbonyl (C=O) groups is 2. The molecule has 2 aliphatic heterocycles. The Balaban J connectivity index is 0.000000339. The van der Waals surface area contributed by atoms with Gasteiger partial charge >= 0.3 is 12.1 Å². The Kier molecular flexibility index (Phi) is 7.11. The SMILES string of the molecule is O=C(O)C(F)(F)F.O=C(c1ccncn1)N1CC2(CC(OCc3cccnc3)CS2)C1. The molecule has 2 saturated heterocycles. The monoisotopic (exact) mass is 456 g/mol. The van der Waals surface area contributed by atoms with Crippen LogP contribution >= 0.6 is 11.8 Å². The van der Waals surface area contributed by atoms with Crippen LogP contribution in [0.25, 0.3) is 0 Å². The number of aromatic nitrogens is 3. The summed E-state index contributed by atoms with van der Waals surface area (Å²) >= 11 is 1.92. The van der Waals surface area contributed by atoms with Gasteiger partial charge in [0.15, 0.2) is 0 Å². The molecule has 0 bridgehead atoms. The van der Waals surface area contributed by atoms with Gasteiger partial charge in [-0.05, 0) is 24.1 Å². The molecule has 2 aliphatic rings. The Morgan fingerprint density at radius 3 is 2.58 bits per heavy atom. The van der Waals surface area contributed by atoms with Crippen LogP contribution in [-0.4, -0.2) is 72.7 Å². The number of carboxylic acids is 1. The van der Waals surface area contributed by atoms with Gasteiger partial charge in [-0.2, -0.15) is 13.2 Å². The van der Waals surface area contributed by atoms with Crippen LogP contribution in [0.2, 0.25) is 0 Å². The van der Waals surface area contributed by atoms with E-state index in [4.69, 9.17) is 14.6 Å². The summed E-state index contributed by atoms with van der Waals surface area (Å²) in [5.74, 6) is -1.79. The van der Waals surface area contributed by atoms with Crippen LogP contribution in [0.5, 0.6) is 0 Å². The maximum Gasteiger partial charge on any atom is 0.490 e. The zero-order valence-electron chi connectivity index (χ0n) is 16.2. The number of pyridine rings is 1. The third-order valence-corrected chi connectivity index (χ3v) is 6.25. The number of hydrogen-bond acceptors (Lipinski definition) is 7. The standard InChI is InChI=1S/C17H18N4O2S.C2HF3O2/c22-16(15-3-5-19-12-20-15)21-10-17(11-21)6-14(9-24-17)23-8-13-2-1-4-18-7-13;3-2(4,5)1(6)7/h1-5,7,12,14H,6,8-11H2;(H,6,7). The van der Waals surface area contributed by atoms with Crippen LogP contribution in [0.4, 0.5) is 13.2 Å². The highest BCUT2D eigenvalue weighted by atomic mass is 32.2. The van der Waals surface area contributed by atoms with E-state index in [-0.39, 0.29) is 16.8 Å². The number of alkyl halides is 3. The second-order valence-corrected chi connectivity index (χ2v) is 8.54. The fourth-order valence-corrected chi connectivity index (χ4v) is 4.75. The van der Waals surface area contributed by atoms with E-state index in [1.54, 1.807) is 18.5 Å². The van der Waals surface area contributed by atoms with E-state index in [0.717, 1.165) is 30.8 Å². The van der Waals surface area contributed by atoms with E-state index in [0.29, 0.717) is 12.3 Å². The molecule has 8 nitrogen and oxygen atoms in total. The maximum absolute atomic E-state index is 12.3. The maximum atomic E-state index is 12.3. The minimum absolute atomic E-state index is 0.0108. The van der Waals surface area contributed by atoms with Gasteiger partial charge in [0, 0.05) is 37.4 Å². The summed E-state index contributed by atoms with van der Waals surface area (Å²) in [6.45, 7) is 2.14. The number of halogens is 3. The second-order valence-electron chi connectivity index (χ2n) is 7.05. The van der Waals surface area contributed by atoms with E-state index in [1.165, 1.54) is 6.33 Å². The van der Waals surface area contributed by atoms with Crippen molar-refractivity contribution in [1.29, 1.82) is 0 Å². The topological polar surface area (TPSA) is 106 Å². The summed E-state index contributed by atoms with van der Waals surface area (Å²) in [6.07, 6.45) is 2.76. The number of aliphatic carboxylic acids is 1. The highest BCUT2D eigenvalue weighted by molar-refractivity contribution is 8.01. The lowest BCUT2D eigenvalue weighted by Crippen LogP contribution is -2.60. The Bertz CT molecular complexity index is 896. The van der Waals surface area contributed by atoms with Gasteiger partial charge < -0.3 is 14.7 Å². The number of thioether (sulfide) groups is 1. The predicted molar refractivity (Wildman–Crippen MR) is 104 cm³/mol. The molecule has 2 fully saturated rings. The third-order valence-electron chi connectivity index (χ3n) is 4.67.